The summed E-state index contributed by atoms with van der Waals surface area (Å²) < 4.78 is 4.65. The first-order valence-corrected chi connectivity index (χ1v) is 9.99. The number of methoxy groups -OCH3 is 1. The SMILES string of the molecule is COC(=O)c1ccc(NC(=O)C2CC(=O)N(c3ccc(SC)cc3)C2)s1. The van der Waals surface area contributed by atoms with Crippen LogP contribution in [0, 0.1) is 5.92 Å². The van der Waals surface area contributed by atoms with Gasteiger partial charge in [-0.05, 0) is 42.7 Å². The van der Waals surface area contributed by atoms with Crippen molar-refractivity contribution >= 4 is 51.6 Å². The van der Waals surface area contributed by atoms with Gasteiger partial charge in [-0.1, -0.05) is 0 Å². The molecule has 0 aliphatic carbocycles. The van der Waals surface area contributed by atoms with Crippen LogP contribution < -0.4 is 10.2 Å². The number of rotatable bonds is 5. The van der Waals surface area contributed by atoms with Crippen molar-refractivity contribution in [2.24, 2.45) is 5.92 Å². The minimum atomic E-state index is -0.439. The van der Waals surface area contributed by atoms with Gasteiger partial charge in [0.25, 0.3) is 0 Å². The highest BCUT2D eigenvalue weighted by Crippen LogP contribution is 2.29. The summed E-state index contributed by atoms with van der Waals surface area (Å²) in [4.78, 5) is 39.5. The van der Waals surface area contributed by atoms with Crippen LogP contribution in [-0.4, -0.2) is 37.7 Å². The Bertz CT molecular complexity index is 832. The van der Waals surface area contributed by atoms with E-state index in [9.17, 15) is 14.4 Å². The summed E-state index contributed by atoms with van der Waals surface area (Å²) in [5, 5.41) is 3.34. The highest BCUT2D eigenvalue weighted by molar-refractivity contribution is 7.98. The fourth-order valence-electron chi connectivity index (χ4n) is 2.73. The number of thiophene rings is 1. The summed E-state index contributed by atoms with van der Waals surface area (Å²) >= 11 is 2.78. The van der Waals surface area contributed by atoms with Crippen molar-refractivity contribution in [3.63, 3.8) is 0 Å². The molecule has 1 unspecified atom stereocenters. The van der Waals surface area contributed by atoms with Crippen LogP contribution in [0.2, 0.25) is 0 Å². The number of hydrogen-bond acceptors (Lipinski definition) is 6. The van der Waals surface area contributed by atoms with Gasteiger partial charge in [0.15, 0.2) is 0 Å². The number of thioether (sulfide) groups is 1. The fourth-order valence-corrected chi connectivity index (χ4v) is 3.97. The number of amides is 2. The van der Waals surface area contributed by atoms with E-state index < -0.39 is 11.9 Å². The minimum absolute atomic E-state index is 0.0662. The number of nitrogens with one attached hydrogen (secondary N) is 1. The minimum Gasteiger partial charge on any atom is -0.465 e. The Kier molecular flexibility index (Phi) is 5.63. The smallest absolute Gasteiger partial charge is 0.348 e. The Balaban J connectivity index is 1.64. The van der Waals surface area contributed by atoms with E-state index in [1.54, 1.807) is 28.8 Å². The van der Waals surface area contributed by atoms with Gasteiger partial charge >= 0.3 is 5.97 Å². The first-order chi connectivity index (χ1) is 12.5. The molecule has 1 atom stereocenters. The summed E-state index contributed by atoms with van der Waals surface area (Å²) in [5.74, 6) is -1.15. The summed E-state index contributed by atoms with van der Waals surface area (Å²) in [7, 11) is 1.31. The van der Waals surface area contributed by atoms with Crippen molar-refractivity contribution in [2.45, 2.75) is 11.3 Å². The van der Waals surface area contributed by atoms with Gasteiger partial charge in [0, 0.05) is 23.5 Å². The molecule has 0 spiro atoms. The van der Waals surface area contributed by atoms with Gasteiger partial charge in [-0.25, -0.2) is 4.79 Å². The maximum Gasteiger partial charge on any atom is 0.348 e. The third kappa shape index (κ3) is 3.91. The van der Waals surface area contributed by atoms with Gasteiger partial charge in [-0.15, -0.1) is 23.1 Å². The molecule has 0 bridgehead atoms. The Morgan fingerprint density at radius 3 is 2.62 bits per heavy atom. The number of ether oxygens (including phenoxy) is 1. The fraction of sp³-hybridized carbons (Fsp3) is 0.278. The predicted octanol–water partition coefficient (Wildman–Crippen LogP) is 3.25. The van der Waals surface area contributed by atoms with Gasteiger partial charge < -0.3 is 15.0 Å². The average molecular weight is 390 g/mol. The van der Waals surface area contributed by atoms with Gasteiger partial charge in [-0.3, -0.25) is 9.59 Å². The zero-order valence-electron chi connectivity index (χ0n) is 14.4. The molecule has 1 aromatic carbocycles. The van der Waals surface area contributed by atoms with E-state index in [0.717, 1.165) is 21.9 Å². The lowest BCUT2D eigenvalue weighted by Gasteiger charge is -2.17. The Hall–Kier alpha value is -2.32. The monoisotopic (exact) mass is 390 g/mol. The zero-order chi connectivity index (χ0) is 18.7. The van der Waals surface area contributed by atoms with Gasteiger partial charge in [0.1, 0.15) is 4.88 Å². The zero-order valence-corrected chi connectivity index (χ0v) is 16.0. The molecule has 8 heteroatoms. The number of anilines is 2. The Labute approximate surface area is 159 Å². The molecule has 0 radical (unpaired) electrons. The van der Waals surface area contributed by atoms with Crippen LogP contribution >= 0.6 is 23.1 Å². The molecule has 136 valence electrons. The lowest BCUT2D eigenvalue weighted by Crippen LogP contribution is -2.27. The van der Waals surface area contributed by atoms with Gasteiger partial charge in [-0.2, -0.15) is 0 Å². The Morgan fingerprint density at radius 1 is 1.23 bits per heavy atom. The van der Waals surface area contributed by atoms with Crippen LogP contribution in [-0.2, 0) is 14.3 Å². The topological polar surface area (TPSA) is 75.7 Å². The molecule has 1 aliphatic rings. The molecule has 1 aliphatic heterocycles. The van der Waals surface area contributed by atoms with E-state index in [1.165, 1.54) is 7.11 Å². The highest BCUT2D eigenvalue weighted by Gasteiger charge is 2.35. The summed E-state index contributed by atoms with van der Waals surface area (Å²) in [5.41, 5.74) is 0.798. The van der Waals surface area contributed by atoms with E-state index in [4.69, 9.17) is 0 Å². The molecule has 1 fully saturated rings. The molecule has 1 N–H and O–H groups in total. The quantitative estimate of drug-likeness (QED) is 0.627. The van der Waals surface area contributed by atoms with Crippen LogP contribution in [0.15, 0.2) is 41.3 Å². The van der Waals surface area contributed by atoms with Crippen molar-refractivity contribution in [1.29, 1.82) is 0 Å². The summed E-state index contributed by atoms with van der Waals surface area (Å²) in [6.45, 7) is 0.346. The molecular formula is C18H18N2O4S2. The molecule has 0 saturated carbocycles. The van der Waals surface area contributed by atoms with Crippen molar-refractivity contribution in [2.75, 3.05) is 30.1 Å². The summed E-state index contributed by atoms with van der Waals surface area (Å²) in [6.07, 6.45) is 2.16. The first kappa shape index (κ1) is 18.5. The lowest BCUT2D eigenvalue weighted by molar-refractivity contribution is -0.122. The second kappa shape index (κ2) is 7.92. The predicted molar refractivity (Wildman–Crippen MR) is 103 cm³/mol. The molecule has 1 aromatic heterocycles. The average Bonchev–Trinajstić information content (AvgIpc) is 3.28. The van der Waals surface area contributed by atoms with E-state index >= 15 is 0 Å². The molecule has 26 heavy (non-hydrogen) atoms. The first-order valence-electron chi connectivity index (χ1n) is 7.95. The number of hydrogen-bond donors (Lipinski definition) is 1. The number of carbonyl (C=O) groups is 3. The van der Waals surface area contributed by atoms with Gasteiger partial charge in [0.05, 0.1) is 18.0 Å². The van der Waals surface area contributed by atoms with Crippen LogP contribution in [0.4, 0.5) is 10.7 Å². The lowest BCUT2D eigenvalue weighted by atomic mass is 10.1. The molecule has 1 saturated heterocycles. The van der Waals surface area contributed by atoms with E-state index in [0.29, 0.717) is 16.4 Å². The van der Waals surface area contributed by atoms with Crippen molar-refractivity contribution in [1.82, 2.24) is 0 Å². The van der Waals surface area contributed by atoms with E-state index in [2.05, 4.69) is 10.1 Å². The van der Waals surface area contributed by atoms with Crippen molar-refractivity contribution in [3.05, 3.63) is 41.3 Å². The van der Waals surface area contributed by atoms with Crippen molar-refractivity contribution < 1.29 is 19.1 Å². The van der Waals surface area contributed by atoms with Crippen molar-refractivity contribution in [3.8, 4) is 0 Å². The third-order valence-electron chi connectivity index (χ3n) is 4.12. The second-order valence-electron chi connectivity index (χ2n) is 5.75. The standard InChI is InChI=1S/C18H18N2O4S2/c1-24-18(23)14-7-8-15(26-14)19-17(22)11-9-16(21)20(10-11)12-3-5-13(25-2)6-4-12/h3-8,11H,9-10H2,1-2H3,(H,19,22). The molecule has 3 rings (SSSR count). The number of benzene rings is 1. The number of carbonyl (C=O) groups excluding carboxylic acids is 3. The molecule has 6 nitrogen and oxygen atoms in total. The van der Waals surface area contributed by atoms with Crippen LogP contribution in [0.25, 0.3) is 0 Å². The highest BCUT2D eigenvalue weighted by atomic mass is 32.2. The molecular weight excluding hydrogens is 372 g/mol. The third-order valence-corrected chi connectivity index (χ3v) is 5.84. The van der Waals surface area contributed by atoms with E-state index in [-0.39, 0.29) is 18.2 Å². The maximum absolute atomic E-state index is 12.5. The largest absolute Gasteiger partial charge is 0.465 e. The maximum atomic E-state index is 12.5. The van der Waals surface area contributed by atoms with Crippen LogP contribution in [0.5, 0.6) is 0 Å². The number of nitrogens with zero attached hydrogens (tertiary/aromatic N) is 1. The normalized spacial score (nSPS) is 16.6. The van der Waals surface area contributed by atoms with E-state index in [1.807, 2.05) is 30.5 Å². The second-order valence-corrected chi connectivity index (χ2v) is 7.71. The Morgan fingerprint density at radius 2 is 1.96 bits per heavy atom. The van der Waals surface area contributed by atoms with Crippen LogP contribution in [0.1, 0.15) is 16.1 Å². The summed E-state index contributed by atoms with van der Waals surface area (Å²) in [6, 6.07) is 11.0. The van der Waals surface area contributed by atoms with Gasteiger partial charge in [0.2, 0.25) is 11.8 Å². The molecule has 2 heterocycles. The number of esters is 1. The molecule has 2 amide bonds. The molecule has 2 aromatic rings. The van der Waals surface area contributed by atoms with Crippen LogP contribution in [0.3, 0.4) is 0 Å².